The second kappa shape index (κ2) is 8.04. The van der Waals surface area contributed by atoms with Crippen molar-refractivity contribution in [3.8, 4) is 5.69 Å². The number of nitrogens with zero attached hydrogens (tertiary/aromatic N) is 4. The Labute approximate surface area is 184 Å². The average molecular weight is 427 g/mol. The SMILES string of the molecule is CCc1ccc(-n2c(SCc3cn4cccc(C)c4n3)nc3ccccc3c2=O)cc1. The zero-order valence-electron chi connectivity index (χ0n) is 17.4. The highest BCUT2D eigenvalue weighted by Gasteiger charge is 2.14. The maximum absolute atomic E-state index is 13.4. The molecule has 3 heterocycles. The monoisotopic (exact) mass is 426 g/mol. The van der Waals surface area contributed by atoms with Crippen LogP contribution in [0, 0.1) is 6.92 Å². The molecular formula is C25H22N4OS. The van der Waals surface area contributed by atoms with E-state index in [-0.39, 0.29) is 5.56 Å². The molecule has 0 atom stereocenters. The summed E-state index contributed by atoms with van der Waals surface area (Å²) in [7, 11) is 0. The Balaban J connectivity index is 1.58. The standard InChI is InChI=1S/C25H22N4OS/c1-3-18-10-12-20(13-11-18)29-24(30)21-8-4-5-9-22(21)27-25(29)31-16-19-15-28-14-6-7-17(2)23(28)26-19/h4-15H,3,16H2,1-2H3. The maximum Gasteiger partial charge on any atom is 0.266 e. The number of hydrogen-bond donors (Lipinski definition) is 0. The number of rotatable bonds is 5. The molecule has 0 aliphatic heterocycles. The molecule has 0 N–H and O–H groups in total. The number of hydrogen-bond acceptors (Lipinski definition) is 4. The summed E-state index contributed by atoms with van der Waals surface area (Å²) in [6.07, 6.45) is 5.00. The van der Waals surface area contributed by atoms with Crippen LogP contribution in [-0.4, -0.2) is 18.9 Å². The highest BCUT2D eigenvalue weighted by atomic mass is 32.2. The van der Waals surface area contributed by atoms with Crippen molar-refractivity contribution in [1.82, 2.24) is 18.9 Å². The van der Waals surface area contributed by atoms with Crippen LogP contribution in [0.2, 0.25) is 0 Å². The molecule has 3 aromatic heterocycles. The van der Waals surface area contributed by atoms with Crippen molar-refractivity contribution < 1.29 is 0 Å². The van der Waals surface area contributed by atoms with Gasteiger partial charge in [0.15, 0.2) is 5.16 Å². The minimum Gasteiger partial charge on any atom is -0.307 e. The second-order valence-electron chi connectivity index (χ2n) is 7.52. The van der Waals surface area contributed by atoms with E-state index in [4.69, 9.17) is 9.97 Å². The fourth-order valence-electron chi connectivity index (χ4n) is 3.73. The van der Waals surface area contributed by atoms with Crippen LogP contribution in [0.25, 0.3) is 22.2 Å². The van der Waals surface area contributed by atoms with Gasteiger partial charge in [0.2, 0.25) is 0 Å². The Bertz CT molecular complexity index is 1450. The molecule has 5 nitrogen and oxygen atoms in total. The summed E-state index contributed by atoms with van der Waals surface area (Å²) in [6.45, 7) is 4.18. The average Bonchev–Trinajstić information content (AvgIpc) is 3.23. The van der Waals surface area contributed by atoms with E-state index in [2.05, 4.69) is 32.0 Å². The van der Waals surface area contributed by atoms with Gasteiger partial charge in [-0.25, -0.2) is 9.97 Å². The highest BCUT2D eigenvalue weighted by molar-refractivity contribution is 7.98. The lowest BCUT2D eigenvalue weighted by Crippen LogP contribution is -2.21. The molecule has 0 fully saturated rings. The molecule has 154 valence electrons. The summed E-state index contributed by atoms with van der Waals surface area (Å²) < 4.78 is 3.75. The van der Waals surface area contributed by atoms with E-state index >= 15 is 0 Å². The van der Waals surface area contributed by atoms with E-state index in [9.17, 15) is 4.79 Å². The minimum atomic E-state index is -0.0526. The van der Waals surface area contributed by atoms with Gasteiger partial charge in [0.05, 0.1) is 22.3 Å². The van der Waals surface area contributed by atoms with Gasteiger partial charge >= 0.3 is 0 Å². The van der Waals surface area contributed by atoms with Crippen molar-refractivity contribution in [3.05, 3.63) is 100 Å². The molecule has 0 aliphatic rings. The summed E-state index contributed by atoms with van der Waals surface area (Å²) in [5, 5.41) is 1.29. The predicted octanol–water partition coefficient (Wildman–Crippen LogP) is 5.20. The molecule has 0 saturated carbocycles. The number of aromatic nitrogens is 4. The lowest BCUT2D eigenvalue weighted by Gasteiger charge is -2.13. The van der Waals surface area contributed by atoms with Crippen molar-refractivity contribution in [3.63, 3.8) is 0 Å². The smallest absolute Gasteiger partial charge is 0.266 e. The molecule has 0 unspecified atom stereocenters. The largest absolute Gasteiger partial charge is 0.307 e. The Morgan fingerprint density at radius 1 is 0.968 bits per heavy atom. The zero-order valence-corrected chi connectivity index (χ0v) is 18.3. The Hall–Kier alpha value is -3.38. The Morgan fingerprint density at radius 3 is 2.55 bits per heavy atom. The molecule has 0 spiro atoms. The number of imidazole rings is 1. The first-order chi connectivity index (χ1) is 15.1. The summed E-state index contributed by atoms with van der Waals surface area (Å²) in [5.41, 5.74) is 5.77. The molecule has 6 heteroatoms. The van der Waals surface area contributed by atoms with Gasteiger partial charge in [-0.15, -0.1) is 0 Å². The lowest BCUT2D eigenvalue weighted by molar-refractivity contribution is 0.818. The van der Waals surface area contributed by atoms with Crippen LogP contribution in [0.4, 0.5) is 0 Å². The van der Waals surface area contributed by atoms with Crippen LogP contribution in [0.15, 0.2) is 83.0 Å². The first kappa shape index (κ1) is 19.6. The molecule has 31 heavy (non-hydrogen) atoms. The Morgan fingerprint density at radius 2 is 1.77 bits per heavy atom. The number of benzene rings is 2. The van der Waals surface area contributed by atoms with Crippen LogP contribution in [0.1, 0.15) is 23.7 Å². The third kappa shape index (κ3) is 3.64. The molecule has 0 amide bonds. The highest BCUT2D eigenvalue weighted by Crippen LogP contribution is 2.25. The zero-order chi connectivity index (χ0) is 21.4. The molecular weight excluding hydrogens is 404 g/mol. The van der Waals surface area contributed by atoms with E-state index in [1.54, 1.807) is 4.57 Å². The van der Waals surface area contributed by atoms with Crippen LogP contribution < -0.4 is 5.56 Å². The van der Waals surface area contributed by atoms with Gasteiger partial charge in [0.25, 0.3) is 5.56 Å². The molecule has 0 bridgehead atoms. The van der Waals surface area contributed by atoms with E-state index < -0.39 is 0 Å². The lowest BCUT2D eigenvalue weighted by atomic mass is 10.1. The number of aryl methyl sites for hydroxylation is 2. The first-order valence-corrected chi connectivity index (χ1v) is 11.3. The van der Waals surface area contributed by atoms with Crippen LogP contribution in [-0.2, 0) is 12.2 Å². The molecule has 0 aliphatic carbocycles. The van der Waals surface area contributed by atoms with E-state index in [1.165, 1.54) is 17.3 Å². The third-order valence-electron chi connectivity index (χ3n) is 5.42. The molecule has 5 rings (SSSR count). The van der Waals surface area contributed by atoms with Gasteiger partial charge in [0, 0.05) is 18.1 Å². The minimum absolute atomic E-state index is 0.0526. The van der Waals surface area contributed by atoms with Gasteiger partial charge in [0.1, 0.15) is 5.65 Å². The van der Waals surface area contributed by atoms with Gasteiger partial charge in [-0.05, 0) is 54.8 Å². The quantitative estimate of drug-likeness (QED) is 0.286. The summed E-state index contributed by atoms with van der Waals surface area (Å²) >= 11 is 1.53. The van der Waals surface area contributed by atoms with Gasteiger partial charge < -0.3 is 4.40 Å². The van der Waals surface area contributed by atoms with E-state index in [1.807, 2.05) is 59.3 Å². The molecule has 2 aromatic carbocycles. The summed E-state index contributed by atoms with van der Waals surface area (Å²) in [4.78, 5) is 23.0. The fraction of sp³-hybridized carbons (Fsp3) is 0.160. The van der Waals surface area contributed by atoms with Crippen LogP contribution >= 0.6 is 11.8 Å². The fourth-order valence-corrected chi connectivity index (χ4v) is 4.63. The van der Waals surface area contributed by atoms with Crippen molar-refractivity contribution in [2.24, 2.45) is 0 Å². The van der Waals surface area contributed by atoms with E-state index in [0.717, 1.165) is 29.0 Å². The van der Waals surface area contributed by atoms with Crippen molar-refractivity contribution >= 4 is 28.3 Å². The second-order valence-corrected chi connectivity index (χ2v) is 8.46. The van der Waals surface area contributed by atoms with Crippen molar-refractivity contribution in [1.29, 1.82) is 0 Å². The van der Waals surface area contributed by atoms with Gasteiger partial charge in [-0.3, -0.25) is 9.36 Å². The Kier molecular flexibility index (Phi) is 5.08. The topological polar surface area (TPSA) is 52.2 Å². The van der Waals surface area contributed by atoms with Gasteiger partial charge in [-0.2, -0.15) is 0 Å². The number of fused-ring (bicyclic) bond motifs is 2. The summed E-state index contributed by atoms with van der Waals surface area (Å²) in [6, 6.07) is 19.7. The third-order valence-corrected chi connectivity index (χ3v) is 6.40. The predicted molar refractivity (Wildman–Crippen MR) is 126 cm³/mol. The van der Waals surface area contributed by atoms with Crippen molar-refractivity contribution in [2.45, 2.75) is 31.2 Å². The number of para-hydroxylation sites is 1. The number of thioether (sulfide) groups is 1. The molecule has 0 saturated heterocycles. The van der Waals surface area contributed by atoms with Gasteiger partial charge in [-0.1, -0.05) is 49.0 Å². The first-order valence-electron chi connectivity index (χ1n) is 10.3. The molecule has 0 radical (unpaired) electrons. The normalized spacial score (nSPS) is 11.4. The van der Waals surface area contributed by atoms with Crippen LogP contribution in [0.5, 0.6) is 0 Å². The summed E-state index contributed by atoms with van der Waals surface area (Å²) in [5.74, 6) is 0.624. The number of pyridine rings is 1. The van der Waals surface area contributed by atoms with Crippen LogP contribution in [0.3, 0.4) is 0 Å². The maximum atomic E-state index is 13.4. The van der Waals surface area contributed by atoms with E-state index in [0.29, 0.717) is 21.8 Å². The van der Waals surface area contributed by atoms with Crippen molar-refractivity contribution in [2.75, 3.05) is 0 Å². The molecule has 5 aromatic rings.